The summed E-state index contributed by atoms with van der Waals surface area (Å²) < 4.78 is 37.6. The van der Waals surface area contributed by atoms with E-state index in [1.807, 2.05) is 12.3 Å². The maximum atomic E-state index is 12.8. The topological polar surface area (TPSA) is 76.1 Å². The highest BCUT2D eigenvalue weighted by Crippen LogP contribution is 2.21. The van der Waals surface area contributed by atoms with Gasteiger partial charge in [-0.1, -0.05) is 11.8 Å². The van der Waals surface area contributed by atoms with Gasteiger partial charge in [-0.05, 0) is 31.2 Å². The molecule has 0 radical (unpaired) electrons. The van der Waals surface area contributed by atoms with Crippen molar-refractivity contribution in [3.8, 4) is 0 Å². The van der Waals surface area contributed by atoms with E-state index in [0.29, 0.717) is 0 Å². The molecule has 0 atom stereocenters. The zero-order chi connectivity index (χ0) is 16.9. The molecule has 0 aliphatic heterocycles. The summed E-state index contributed by atoms with van der Waals surface area (Å²) in [6.45, 7) is 1.89. The van der Waals surface area contributed by atoms with Crippen molar-refractivity contribution in [3.05, 3.63) is 41.2 Å². The number of carbonyl (C=O) groups is 1. The van der Waals surface area contributed by atoms with E-state index in [2.05, 4.69) is 10.3 Å². The molecule has 5 nitrogen and oxygen atoms in total. The quantitative estimate of drug-likeness (QED) is 0.594. The fourth-order valence-corrected chi connectivity index (χ4v) is 4.50. The average Bonchev–Trinajstić information content (AvgIpc) is 2.91. The number of thiazole rings is 1. The molecular formula is C14H15FN2O3S3. The summed E-state index contributed by atoms with van der Waals surface area (Å²) in [5.74, 6) is -0.793. The van der Waals surface area contributed by atoms with Gasteiger partial charge in [0.1, 0.15) is 5.82 Å². The molecule has 2 aromatic rings. The Kier molecular flexibility index (Phi) is 6.14. The van der Waals surface area contributed by atoms with Crippen molar-refractivity contribution in [2.45, 2.75) is 16.2 Å². The van der Waals surface area contributed by atoms with Crippen LogP contribution in [0.25, 0.3) is 0 Å². The van der Waals surface area contributed by atoms with Crippen molar-refractivity contribution in [1.82, 2.24) is 10.3 Å². The van der Waals surface area contributed by atoms with Gasteiger partial charge in [0.25, 0.3) is 0 Å². The number of hydrogen-bond acceptors (Lipinski definition) is 6. The van der Waals surface area contributed by atoms with Crippen molar-refractivity contribution in [2.75, 3.05) is 18.1 Å². The highest BCUT2D eigenvalue weighted by atomic mass is 32.2. The molecule has 0 unspecified atom stereocenters. The molecule has 0 spiro atoms. The number of aryl methyl sites for hydroxylation is 1. The SMILES string of the molecule is Cc1csc(SCC(=O)NCCS(=O)(=O)c2ccc(F)cc2)n1. The van der Waals surface area contributed by atoms with Gasteiger partial charge in [-0.25, -0.2) is 17.8 Å². The second-order valence-electron chi connectivity index (χ2n) is 4.67. The van der Waals surface area contributed by atoms with Gasteiger partial charge in [0.2, 0.25) is 5.91 Å². The van der Waals surface area contributed by atoms with Crippen LogP contribution in [0, 0.1) is 12.7 Å². The Morgan fingerprint density at radius 3 is 2.65 bits per heavy atom. The molecule has 0 saturated heterocycles. The molecule has 0 saturated carbocycles. The minimum Gasteiger partial charge on any atom is -0.354 e. The number of benzene rings is 1. The third kappa shape index (κ3) is 5.60. The lowest BCUT2D eigenvalue weighted by atomic mass is 10.4. The standard InChI is InChI=1S/C14H15FN2O3S3/c1-10-8-21-14(17-10)22-9-13(18)16-6-7-23(19,20)12-4-2-11(15)3-5-12/h2-5,8H,6-7,9H2,1H3,(H,16,18). The van der Waals surface area contributed by atoms with E-state index in [1.54, 1.807) is 0 Å². The summed E-state index contributed by atoms with van der Waals surface area (Å²) in [7, 11) is -3.53. The molecule has 0 aliphatic carbocycles. The summed E-state index contributed by atoms with van der Waals surface area (Å²) in [5, 5.41) is 4.46. The second kappa shape index (κ2) is 7.89. The van der Waals surface area contributed by atoms with E-state index in [0.717, 1.165) is 22.2 Å². The van der Waals surface area contributed by atoms with Crippen molar-refractivity contribution in [3.63, 3.8) is 0 Å². The van der Waals surface area contributed by atoms with Gasteiger partial charge in [0.15, 0.2) is 14.2 Å². The third-order valence-electron chi connectivity index (χ3n) is 2.79. The molecule has 0 bridgehead atoms. The van der Waals surface area contributed by atoms with Crippen LogP contribution in [0.2, 0.25) is 0 Å². The highest BCUT2D eigenvalue weighted by Gasteiger charge is 2.15. The largest absolute Gasteiger partial charge is 0.354 e. The molecule has 9 heteroatoms. The number of amides is 1. The number of thioether (sulfide) groups is 1. The van der Waals surface area contributed by atoms with Crippen LogP contribution in [-0.4, -0.2) is 37.4 Å². The lowest BCUT2D eigenvalue weighted by Gasteiger charge is -2.06. The molecule has 0 aliphatic rings. The molecule has 1 N–H and O–H groups in total. The normalized spacial score (nSPS) is 11.4. The zero-order valence-electron chi connectivity index (χ0n) is 12.3. The Bertz CT molecular complexity index is 773. The minimum absolute atomic E-state index is 0.00992. The van der Waals surface area contributed by atoms with Gasteiger partial charge in [-0.2, -0.15) is 0 Å². The molecule has 1 amide bonds. The molecule has 0 fully saturated rings. The van der Waals surface area contributed by atoms with Crippen LogP contribution in [0.1, 0.15) is 5.69 Å². The molecular weight excluding hydrogens is 359 g/mol. The van der Waals surface area contributed by atoms with E-state index in [1.165, 1.54) is 35.2 Å². The van der Waals surface area contributed by atoms with Crippen LogP contribution >= 0.6 is 23.1 Å². The van der Waals surface area contributed by atoms with Crippen LogP contribution < -0.4 is 5.32 Å². The molecule has 2 rings (SSSR count). The fraction of sp³-hybridized carbons (Fsp3) is 0.286. The number of hydrogen-bond donors (Lipinski definition) is 1. The van der Waals surface area contributed by atoms with Gasteiger partial charge in [-0.15, -0.1) is 11.3 Å². The van der Waals surface area contributed by atoms with E-state index in [-0.39, 0.29) is 28.9 Å². The average molecular weight is 374 g/mol. The maximum Gasteiger partial charge on any atom is 0.230 e. The van der Waals surface area contributed by atoms with Crippen LogP contribution in [0.3, 0.4) is 0 Å². The predicted octanol–water partition coefficient (Wildman–Crippen LogP) is 2.27. The first-order chi connectivity index (χ1) is 10.9. The van der Waals surface area contributed by atoms with E-state index in [4.69, 9.17) is 0 Å². The summed E-state index contributed by atoms with van der Waals surface area (Å²) in [6, 6.07) is 4.62. The third-order valence-corrected chi connectivity index (χ3v) is 6.66. The number of halogens is 1. The molecule has 1 heterocycles. The Morgan fingerprint density at radius 2 is 2.04 bits per heavy atom. The van der Waals surface area contributed by atoms with Gasteiger partial charge >= 0.3 is 0 Å². The summed E-state index contributed by atoms with van der Waals surface area (Å²) in [4.78, 5) is 16.0. The summed E-state index contributed by atoms with van der Waals surface area (Å²) >= 11 is 2.77. The second-order valence-corrected chi connectivity index (χ2v) is 8.86. The summed E-state index contributed by atoms with van der Waals surface area (Å²) in [6.07, 6.45) is 0. The van der Waals surface area contributed by atoms with Crippen molar-refractivity contribution >= 4 is 38.8 Å². The highest BCUT2D eigenvalue weighted by molar-refractivity contribution is 8.01. The number of aromatic nitrogens is 1. The number of nitrogens with one attached hydrogen (secondary N) is 1. The predicted molar refractivity (Wildman–Crippen MR) is 89.0 cm³/mol. The van der Waals surface area contributed by atoms with Gasteiger partial charge in [0.05, 0.1) is 16.4 Å². The van der Waals surface area contributed by atoms with Crippen LogP contribution in [0.5, 0.6) is 0 Å². The first-order valence-corrected chi connectivity index (χ1v) is 10.2. The Morgan fingerprint density at radius 1 is 1.35 bits per heavy atom. The van der Waals surface area contributed by atoms with Gasteiger partial charge in [-0.3, -0.25) is 4.79 Å². The van der Waals surface area contributed by atoms with Crippen LogP contribution in [0.4, 0.5) is 4.39 Å². The minimum atomic E-state index is -3.53. The first-order valence-electron chi connectivity index (χ1n) is 6.67. The number of carbonyl (C=O) groups excluding carboxylic acids is 1. The number of nitrogens with zero attached hydrogens (tertiary/aromatic N) is 1. The van der Waals surface area contributed by atoms with Crippen LogP contribution in [-0.2, 0) is 14.6 Å². The smallest absolute Gasteiger partial charge is 0.230 e. The molecule has 1 aromatic heterocycles. The zero-order valence-corrected chi connectivity index (χ0v) is 14.7. The number of rotatable bonds is 7. The lowest BCUT2D eigenvalue weighted by molar-refractivity contribution is -0.118. The van der Waals surface area contributed by atoms with E-state index >= 15 is 0 Å². The Hall–Kier alpha value is -1.45. The van der Waals surface area contributed by atoms with Crippen molar-refractivity contribution < 1.29 is 17.6 Å². The fourth-order valence-electron chi connectivity index (χ4n) is 1.66. The monoisotopic (exact) mass is 374 g/mol. The molecule has 1 aromatic carbocycles. The Labute approximate surface area is 142 Å². The van der Waals surface area contributed by atoms with Gasteiger partial charge in [0, 0.05) is 17.6 Å². The van der Waals surface area contributed by atoms with E-state index in [9.17, 15) is 17.6 Å². The van der Waals surface area contributed by atoms with Gasteiger partial charge < -0.3 is 5.32 Å². The van der Waals surface area contributed by atoms with Crippen molar-refractivity contribution in [2.24, 2.45) is 0 Å². The Balaban J connectivity index is 1.77. The van der Waals surface area contributed by atoms with Crippen molar-refractivity contribution in [1.29, 1.82) is 0 Å². The lowest BCUT2D eigenvalue weighted by Crippen LogP contribution is -2.30. The summed E-state index contributed by atoms with van der Waals surface area (Å²) in [5.41, 5.74) is 0.906. The number of sulfone groups is 1. The molecule has 23 heavy (non-hydrogen) atoms. The maximum absolute atomic E-state index is 12.8. The van der Waals surface area contributed by atoms with Crippen LogP contribution in [0.15, 0.2) is 38.9 Å². The first kappa shape index (κ1) is 17.9. The molecule has 124 valence electrons. The van der Waals surface area contributed by atoms with E-state index < -0.39 is 15.7 Å².